The molecule has 0 aliphatic carbocycles. The van der Waals surface area contributed by atoms with E-state index in [-0.39, 0.29) is 5.91 Å². The Labute approximate surface area is 160 Å². The van der Waals surface area contributed by atoms with Gasteiger partial charge in [0.1, 0.15) is 5.75 Å². The van der Waals surface area contributed by atoms with Gasteiger partial charge in [-0.15, -0.1) is 0 Å². The summed E-state index contributed by atoms with van der Waals surface area (Å²) in [4.78, 5) is 13.0. The molecular formula is C24H25NO2. The molecule has 3 heteroatoms. The summed E-state index contributed by atoms with van der Waals surface area (Å²) in [6, 6.07) is 21.9. The van der Waals surface area contributed by atoms with Gasteiger partial charge in [0.05, 0.1) is 12.8 Å². The van der Waals surface area contributed by atoms with Crippen LogP contribution in [0, 0.1) is 0 Å². The minimum Gasteiger partial charge on any atom is -0.495 e. The summed E-state index contributed by atoms with van der Waals surface area (Å²) in [7, 11) is 1.61. The average molecular weight is 359 g/mol. The van der Waals surface area contributed by atoms with Crippen molar-refractivity contribution in [3.63, 3.8) is 0 Å². The van der Waals surface area contributed by atoms with E-state index in [1.54, 1.807) is 7.11 Å². The summed E-state index contributed by atoms with van der Waals surface area (Å²) in [5.74, 6) is 0.576. The molecule has 0 aliphatic rings. The SMILES string of the molecule is CCCC/C(=C\c1cccc2ccccc12)C(=O)Nc1ccccc1OC. The molecule has 0 saturated carbocycles. The lowest BCUT2D eigenvalue weighted by atomic mass is 9.99. The lowest BCUT2D eigenvalue weighted by Gasteiger charge is -2.12. The van der Waals surface area contributed by atoms with Crippen molar-refractivity contribution in [3.05, 3.63) is 77.9 Å². The van der Waals surface area contributed by atoms with Crippen LogP contribution < -0.4 is 10.1 Å². The van der Waals surface area contributed by atoms with E-state index in [0.29, 0.717) is 11.4 Å². The zero-order valence-corrected chi connectivity index (χ0v) is 15.9. The molecule has 3 nitrogen and oxygen atoms in total. The number of hydrogen-bond donors (Lipinski definition) is 1. The summed E-state index contributed by atoms with van der Waals surface area (Å²) in [5, 5.41) is 5.33. The quantitative estimate of drug-likeness (QED) is 0.521. The Morgan fingerprint density at radius 1 is 1.00 bits per heavy atom. The maximum atomic E-state index is 13.0. The first-order valence-corrected chi connectivity index (χ1v) is 9.35. The first-order valence-electron chi connectivity index (χ1n) is 9.35. The Hall–Kier alpha value is -3.07. The van der Waals surface area contributed by atoms with Crippen LogP contribution in [0.1, 0.15) is 31.7 Å². The molecule has 1 amide bonds. The number of hydrogen-bond acceptors (Lipinski definition) is 2. The van der Waals surface area contributed by atoms with E-state index in [1.165, 1.54) is 5.39 Å². The van der Waals surface area contributed by atoms with Gasteiger partial charge in [0.2, 0.25) is 0 Å². The zero-order valence-electron chi connectivity index (χ0n) is 15.9. The molecule has 3 rings (SSSR count). The Balaban J connectivity index is 1.95. The summed E-state index contributed by atoms with van der Waals surface area (Å²) in [6.45, 7) is 2.13. The van der Waals surface area contributed by atoms with E-state index >= 15 is 0 Å². The number of para-hydroxylation sites is 2. The first kappa shape index (κ1) is 18.7. The van der Waals surface area contributed by atoms with Gasteiger partial charge in [-0.1, -0.05) is 67.9 Å². The molecule has 0 atom stereocenters. The van der Waals surface area contributed by atoms with Gasteiger partial charge in [0, 0.05) is 5.57 Å². The van der Waals surface area contributed by atoms with Gasteiger partial charge in [-0.3, -0.25) is 4.79 Å². The summed E-state index contributed by atoms with van der Waals surface area (Å²) < 4.78 is 5.35. The number of carbonyl (C=O) groups is 1. The molecule has 138 valence electrons. The van der Waals surface area contributed by atoms with Gasteiger partial charge in [0.25, 0.3) is 5.91 Å². The molecular weight excluding hydrogens is 334 g/mol. The fourth-order valence-corrected chi connectivity index (χ4v) is 3.13. The number of fused-ring (bicyclic) bond motifs is 1. The second-order valence-electron chi connectivity index (χ2n) is 6.50. The van der Waals surface area contributed by atoms with Crippen LogP contribution in [-0.4, -0.2) is 13.0 Å². The molecule has 3 aromatic rings. The predicted octanol–water partition coefficient (Wildman–Crippen LogP) is 6.06. The maximum absolute atomic E-state index is 13.0. The van der Waals surface area contributed by atoms with Crippen LogP contribution in [0.3, 0.4) is 0 Å². The molecule has 1 N–H and O–H groups in total. The molecule has 0 fully saturated rings. The molecule has 0 bridgehead atoms. The molecule has 0 heterocycles. The summed E-state index contributed by atoms with van der Waals surface area (Å²) in [6.07, 6.45) is 4.76. The van der Waals surface area contributed by atoms with E-state index in [0.717, 1.165) is 35.8 Å². The number of carbonyl (C=O) groups excluding carboxylic acids is 1. The second-order valence-corrected chi connectivity index (χ2v) is 6.50. The van der Waals surface area contributed by atoms with Crippen LogP contribution in [0.5, 0.6) is 5.75 Å². The largest absolute Gasteiger partial charge is 0.495 e. The van der Waals surface area contributed by atoms with E-state index in [1.807, 2.05) is 48.5 Å². The lowest BCUT2D eigenvalue weighted by molar-refractivity contribution is -0.112. The van der Waals surface area contributed by atoms with E-state index in [9.17, 15) is 4.79 Å². The van der Waals surface area contributed by atoms with Crippen molar-refractivity contribution in [1.29, 1.82) is 0 Å². The fraction of sp³-hybridized carbons (Fsp3) is 0.208. The van der Waals surface area contributed by atoms with Crippen molar-refractivity contribution < 1.29 is 9.53 Å². The molecule has 0 aliphatic heterocycles. The fourth-order valence-electron chi connectivity index (χ4n) is 3.13. The highest BCUT2D eigenvalue weighted by Gasteiger charge is 2.13. The van der Waals surface area contributed by atoms with Crippen molar-refractivity contribution >= 4 is 28.4 Å². The number of rotatable bonds is 7. The first-order chi connectivity index (χ1) is 13.2. The van der Waals surface area contributed by atoms with Gasteiger partial charge in [-0.25, -0.2) is 0 Å². The minimum absolute atomic E-state index is 0.0825. The van der Waals surface area contributed by atoms with Crippen molar-refractivity contribution in [2.75, 3.05) is 12.4 Å². The third-order valence-electron chi connectivity index (χ3n) is 4.60. The molecule has 0 saturated heterocycles. The molecule has 0 aromatic heterocycles. The van der Waals surface area contributed by atoms with Gasteiger partial charge in [-0.2, -0.15) is 0 Å². The molecule has 0 spiro atoms. The second kappa shape index (κ2) is 9.04. The van der Waals surface area contributed by atoms with Gasteiger partial charge in [0.15, 0.2) is 0 Å². The minimum atomic E-state index is -0.0825. The molecule has 0 radical (unpaired) electrons. The number of ether oxygens (including phenoxy) is 1. The van der Waals surface area contributed by atoms with Crippen molar-refractivity contribution in [2.45, 2.75) is 26.2 Å². The predicted molar refractivity (Wildman–Crippen MR) is 113 cm³/mol. The van der Waals surface area contributed by atoms with Crippen molar-refractivity contribution in [1.82, 2.24) is 0 Å². The number of nitrogens with one attached hydrogen (secondary N) is 1. The van der Waals surface area contributed by atoms with E-state index in [4.69, 9.17) is 4.74 Å². The highest BCUT2D eigenvalue weighted by molar-refractivity contribution is 6.08. The monoisotopic (exact) mass is 359 g/mol. The van der Waals surface area contributed by atoms with E-state index < -0.39 is 0 Å². The lowest BCUT2D eigenvalue weighted by Crippen LogP contribution is -2.15. The average Bonchev–Trinajstić information content (AvgIpc) is 2.71. The molecule has 3 aromatic carbocycles. The third-order valence-corrected chi connectivity index (χ3v) is 4.60. The Kier molecular flexibility index (Phi) is 6.26. The van der Waals surface area contributed by atoms with Crippen molar-refractivity contribution in [3.8, 4) is 5.75 Å². The maximum Gasteiger partial charge on any atom is 0.251 e. The molecule has 27 heavy (non-hydrogen) atoms. The van der Waals surface area contributed by atoms with Gasteiger partial charge >= 0.3 is 0 Å². The smallest absolute Gasteiger partial charge is 0.251 e. The summed E-state index contributed by atoms with van der Waals surface area (Å²) >= 11 is 0. The number of methoxy groups -OCH3 is 1. The molecule has 0 unspecified atom stereocenters. The Morgan fingerprint density at radius 2 is 1.74 bits per heavy atom. The third kappa shape index (κ3) is 4.56. The number of unbranched alkanes of at least 4 members (excludes halogenated alkanes) is 1. The number of benzene rings is 3. The van der Waals surface area contributed by atoms with Gasteiger partial charge < -0.3 is 10.1 Å². The van der Waals surface area contributed by atoms with Crippen LogP contribution in [0.4, 0.5) is 5.69 Å². The van der Waals surface area contributed by atoms with Crippen LogP contribution in [0.15, 0.2) is 72.3 Å². The van der Waals surface area contributed by atoms with Crippen LogP contribution in [-0.2, 0) is 4.79 Å². The van der Waals surface area contributed by atoms with Crippen LogP contribution in [0.25, 0.3) is 16.8 Å². The zero-order chi connectivity index (χ0) is 19.1. The highest BCUT2D eigenvalue weighted by Crippen LogP contribution is 2.26. The number of anilines is 1. The van der Waals surface area contributed by atoms with Crippen molar-refractivity contribution in [2.24, 2.45) is 0 Å². The highest BCUT2D eigenvalue weighted by atomic mass is 16.5. The van der Waals surface area contributed by atoms with E-state index in [2.05, 4.69) is 36.5 Å². The Bertz CT molecular complexity index is 954. The Morgan fingerprint density at radius 3 is 2.56 bits per heavy atom. The number of amides is 1. The topological polar surface area (TPSA) is 38.3 Å². The standard InChI is InChI=1S/C24H25NO2/c1-3-4-10-20(24(26)25-22-15-7-8-16-23(22)27-2)17-19-13-9-12-18-11-5-6-14-21(18)19/h5-9,11-17H,3-4,10H2,1-2H3,(H,25,26)/b20-17+. The van der Waals surface area contributed by atoms with Crippen LogP contribution >= 0.6 is 0 Å². The van der Waals surface area contributed by atoms with Crippen LogP contribution in [0.2, 0.25) is 0 Å². The van der Waals surface area contributed by atoms with Gasteiger partial charge in [-0.05, 0) is 47.4 Å². The summed E-state index contributed by atoms with van der Waals surface area (Å²) in [5.41, 5.74) is 2.53. The normalized spacial score (nSPS) is 11.4.